The number of hydrogen-bond acceptors (Lipinski definition) is 6. The summed E-state index contributed by atoms with van der Waals surface area (Å²) in [5.74, 6) is 0.670. The molecule has 7 heteroatoms. The van der Waals surface area contributed by atoms with Crippen molar-refractivity contribution in [2.45, 2.75) is 44.6 Å². The van der Waals surface area contributed by atoms with Crippen LogP contribution in [0.5, 0.6) is 5.75 Å². The fraction of sp³-hybridized carbons (Fsp3) is 0.308. The summed E-state index contributed by atoms with van der Waals surface area (Å²) in [4.78, 5) is 23.9. The van der Waals surface area contributed by atoms with Crippen LogP contribution in [0.1, 0.15) is 48.4 Å². The van der Waals surface area contributed by atoms with Gasteiger partial charge in [0.05, 0.1) is 13.5 Å². The van der Waals surface area contributed by atoms with Gasteiger partial charge >= 0.3 is 5.97 Å². The minimum Gasteiger partial charge on any atom is -0.497 e. The van der Waals surface area contributed by atoms with Crippen molar-refractivity contribution >= 4 is 11.8 Å². The minimum absolute atomic E-state index is 0.0319. The number of aryl methyl sites for hydroxylation is 1. The lowest BCUT2D eigenvalue weighted by atomic mass is 9.97. The van der Waals surface area contributed by atoms with Gasteiger partial charge in [-0.05, 0) is 61.1 Å². The van der Waals surface area contributed by atoms with Crippen molar-refractivity contribution in [2.24, 2.45) is 0 Å². The number of benzene rings is 1. The molecule has 0 saturated heterocycles. The van der Waals surface area contributed by atoms with E-state index in [-0.39, 0.29) is 12.3 Å². The number of nitrogens with one attached hydrogen (secondary N) is 1. The number of carbonyl (C=O) groups is 1. The molecule has 33 heavy (non-hydrogen) atoms. The molecule has 172 valence electrons. The first-order chi connectivity index (χ1) is 16.1. The molecule has 0 aliphatic heterocycles. The van der Waals surface area contributed by atoms with Crippen molar-refractivity contribution in [1.29, 1.82) is 0 Å². The third kappa shape index (κ3) is 8.37. The Kier molecular flexibility index (Phi) is 9.39. The van der Waals surface area contributed by atoms with Gasteiger partial charge in [0.1, 0.15) is 17.9 Å². The van der Waals surface area contributed by atoms with E-state index in [2.05, 4.69) is 21.4 Å². The molecule has 0 aliphatic carbocycles. The summed E-state index contributed by atoms with van der Waals surface area (Å²) >= 11 is 0. The first kappa shape index (κ1) is 23.9. The average Bonchev–Trinajstić information content (AvgIpc) is 2.85. The van der Waals surface area contributed by atoms with Gasteiger partial charge in [0.15, 0.2) is 0 Å². The summed E-state index contributed by atoms with van der Waals surface area (Å²) in [6.07, 6.45) is 12.6. The number of carboxylic acids is 1. The fourth-order valence-corrected chi connectivity index (χ4v) is 3.47. The molecule has 0 spiro atoms. The molecule has 0 aliphatic rings. The number of allylic oxidation sites excluding steroid dienone is 2. The Morgan fingerprint density at radius 1 is 1.12 bits per heavy atom. The number of aromatic nitrogens is 3. The predicted molar refractivity (Wildman–Crippen MR) is 128 cm³/mol. The Bertz CT molecular complexity index is 1020. The van der Waals surface area contributed by atoms with E-state index in [1.165, 1.54) is 6.33 Å². The van der Waals surface area contributed by atoms with Crippen molar-refractivity contribution in [3.63, 3.8) is 0 Å². The second kappa shape index (κ2) is 13.0. The van der Waals surface area contributed by atoms with Gasteiger partial charge in [0.25, 0.3) is 0 Å². The number of hydrogen-bond donors (Lipinski definition) is 2. The highest BCUT2D eigenvalue weighted by molar-refractivity contribution is 5.68. The van der Waals surface area contributed by atoms with Crippen molar-refractivity contribution in [3.8, 4) is 5.75 Å². The zero-order valence-corrected chi connectivity index (χ0v) is 18.9. The molecule has 2 N–H and O–H groups in total. The number of unbranched alkanes of at least 4 members (excludes halogenated alkanes) is 2. The van der Waals surface area contributed by atoms with Crippen LogP contribution < -0.4 is 10.1 Å². The van der Waals surface area contributed by atoms with Crippen molar-refractivity contribution < 1.29 is 14.6 Å². The lowest BCUT2D eigenvalue weighted by molar-refractivity contribution is -0.137. The van der Waals surface area contributed by atoms with E-state index in [1.807, 2.05) is 48.5 Å². The summed E-state index contributed by atoms with van der Waals surface area (Å²) in [5, 5.41) is 12.5. The predicted octanol–water partition coefficient (Wildman–Crippen LogP) is 5.02. The number of nitrogens with zero attached hydrogens (tertiary/aromatic N) is 3. The summed E-state index contributed by atoms with van der Waals surface area (Å²) in [6.45, 7) is 0.704. The molecule has 2 heterocycles. The van der Waals surface area contributed by atoms with Crippen LogP contribution in [0.2, 0.25) is 0 Å². The van der Waals surface area contributed by atoms with Gasteiger partial charge in [-0.2, -0.15) is 0 Å². The SMILES string of the molecule is COc1ccc(CNc2cccc(CCCC/C=C/C(CC(=O)O)c3cncnc3)n2)cc1. The van der Waals surface area contributed by atoms with Gasteiger partial charge < -0.3 is 15.2 Å². The molecule has 0 radical (unpaired) electrons. The lowest BCUT2D eigenvalue weighted by Gasteiger charge is -2.09. The van der Waals surface area contributed by atoms with E-state index < -0.39 is 5.97 Å². The number of anilines is 1. The van der Waals surface area contributed by atoms with E-state index in [4.69, 9.17) is 14.8 Å². The third-order valence-corrected chi connectivity index (χ3v) is 5.26. The van der Waals surface area contributed by atoms with E-state index in [1.54, 1.807) is 19.5 Å². The third-order valence-electron chi connectivity index (χ3n) is 5.26. The van der Waals surface area contributed by atoms with Gasteiger partial charge in [0.2, 0.25) is 0 Å². The lowest BCUT2D eigenvalue weighted by Crippen LogP contribution is -2.05. The number of pyridine rings is 1. The van der Waals surface area contributed by atoms with Gasteiger partial charge in [-0.3, -0.25) is 4.79 Å². The fourth-order valence-electron chi connectivity index (χ4n) is 3.47. The Balaban J connectivity index is 1.42. The molecule has 3 rings (SSSR count). The molecule has 2 aromatic heterocycles. The second-order valence-electron chi connectivity index (χ2n) is 7.77. The normalized spacial score (nSPS) is 11.9. The Labute approximate surface area is 194 Å². The van der Waals surface area contributed by atoms with Crippen LogP contribution in [0.25, 0.3) is 0 Å². The summed E-state index contributed by atoms with van der Waals surface area (Å²) in [7, 11) is 1.66. The van der Waals surface area contributed by atoms with Crippen LogP contribution in [0.4, 0.5) is 5.82 Å². The first-order valence-electron chi connectivity index (χ1n) is 11.1. The number of methoxy groups -OCH3 is 1. The maximum atomic E-state index is 11.2. The summed E-state index contributed by atoms with van der Waals surface area (Å²) in [5.41, 5.74) is 3.04. The second-order valence-corrected chi connectivity index (χ2v) is 7.77. The van der Waals surface area contributed by atoms with E-state index in [9.17, 15) is 4.79 Å². The first-order valence-corrected chi connectivity index (χ1v) is 11.1. The van der Waals surface area contributed by atoms with E-state index in [0.717, 1.165) is 54.1 Å². The Hall–Kier alpha value is -3.74. The van der Waals surface area contributed by atoms with Crippen LogP contribution in [0.3, 0.4) is 0 Å². The van der Waals surface area contributed by atoms with Gasteiger partial charge in [-0.15, -0.1) is 0 Å². The number of ether oxygens (including phenoxy) is 1. The molecule has 1 aromatic carbocycles. The maximum absolute atomic E-state index is 11.2. The number of aliphatic carboxylic acids is 1. The molecule has 0 saturated carbocycles. The molecule has 0 bridgehead atoms. The highest BCUT2D eigenvalue weighted by atomic mass is 16.5. The van der Waals surface area contributed by atoms with Crippen LogP contribution >= 0.6 is 0 Å². The standard InChI is InChI=1S/C26H30N4O3/c1-33-24-13-11-20(12-14-24)16-29-25-10-6-9-23(30-25)8-5-3-2-4-7-21(15-26(31)32)22-17-27-19-28-18-22/h4,6-7,9-14,17-19,21H,2-3,5,8,15-16H2,1H3,(H,29,30)(H,31,32)/b7-4+. The van der Waals surface area contributed by atoms with Gasteiger partial charge in [0, 0.05) is 30.6 Å². The largest absolute Gasteiger partial charge is 0.497 e. The zero-order chi connectivity index (χ0) is 23.3. The van der Waals surface area contributed by atoms with Crippen LogP contribution in [0.15, 0.2) is 73.3 Å². The van der Waals surface area contributed by atoms with Gasteiger partial charge in [-0.1, -0.05) is 30.4 Å². The Morgan fingerprint density at radius 2 is 1.91 bits per heavy atom. The van der Waals surface area contributed by atoms with Gasteiger partial charge in [-0.25, -0.2) is 15.0 Å². The van der Waals surface area contributed by atoms with E-state index >= 15 is 0 Å². The molecule has 7 nitrogen and oxygen atoms in total. The molecular weight excluding hydrogens is 416 g/mol. The van der Waals surface area contributed by atoms with Crippen LogP contribution in [-0.2, 0) is 17.8 Å². The maximum Gasteiger partial charge on any atom is 0.304 e. The molecule has 1 unspecified atom stereocenters. The molecule has 1 atom stereocenters. The summed E-state index contributed by atoms with van der Waals surface area (Å²) < 4.78 is 5.19. The van der Waals surface area contributed by atoms with Crippen LogP contribution in [0, 0.1) is 0 Å². The van der Waals surface area contributed by atoms with Crippen LogP contribution in [-0.4, -0.2) is 33.1 Å². The highest BCUT2D eigenvalue weighted by Crippen LogP contribution is 2.20. The van der Waals surface area contributed by atoms with Crippen molar-refractivity contribution in [3.05, 3.63) is 90.2 Å². The molecule has 0 amide bonds. The molecule has 0 fully saturated rings. The zero-order valence-electron chi connectivity index (χ0n) is 18.9. The molecule has 3 aromatic rings. The monoisotopic (exact) mass is 446 g/mol. The average molecular weight is 447 g/mol. The van der Waals surface area contributed by atoms with E-state index in [0.29, 0.717) is 6.54 Å². The number of rotatable bonds is 13. The smallest absolute Gasteiger partial charge is 0.304 e. The molecular formula is C26H30N4O3. The number of carboxylic acid groups (broad SMARTS) is 1. The Morgan fingerprint density at radius 3 is 2.64 bits per heavy atom. The highest BCUT2D eigenvalue weighted by Gasteiger charge is 2.12. The van der Waals surface area contributed by atoms with Crippen molar-refractivity contribution in [1.82, 2.24) is 15.0 Å². The topological polar surface area (TPSA) is 97.2 Å². The quantitative estimate of drug-likeness (QED) is 0.281. The van der Waals surface area contributed by atoms with Crippen molar-refractivity contribution in [2.75, 3.05) is 12.4 Å². The summed E-state index contributed by atoms with van der Waals surface area (Å²) in [6, 6.07) is 14.0. The minimum atomic E-state index is -0.833.